The SMILES string of the molecule is CC1(C[C@H]2C(=O)O[C@H](C(C)(C)C)N2C(=O)OCc2ccccc2)CCCCC1. The van der Waals surface area contributed by atoms with Gasteiger partial charge in [-0.1, -0.05) is 77.3 Å². The molecular formula is C23H33NO4. The summed E-state index contributed by atoms with van der Waals surface area (Å²) in [5.41, 5.74) is 0.599. The first-order chi connectivity index (χ1) is 13.2. The predicted molar refractivity (Wildman–Crippen MR) is 107 cm³/mol. The highest BCUT2D eigenvalue weighted by molar-refractivity contribution is 5.84. The van der Waals surface area contributed by atoms with Crippen LogP contribution in [0.4, 0.5) is 4.79 Å². The average molecular weight is 388 g/mol. The fourth-order valence-corrected chi connectivity index (χ4v) is 4.39. The molecule has 1 aromatic rings. The van der Waals surface area contributed by atoms with E-state index in [-0.39, 0.29) is 23.4 Å². The molecule has 2 atom stereocenters. The summed E-state index contributed by atoms with van der Waals surface area (Å²) in [4.78, 5) is 27.4. The highest BCUT2D eigenvalue weighted by Gasteiger charge is 2.52. The van der Waals surface area contributed by atoms with Crippen LogP contribution in [0.3, 0.4) is 0 Å². The van der Waals surface area contributed by atoms with E-state index >= 15 is 0 Å². The second-order valence-electron chi connectivity index (χ2n) is 9.69. The molecule has 0 unspecified atom stereocenters. The molecule has 1 saturated heterocycles. The zero-order chi connectivity index (χ0) is 20.4. The molecule has 0 N–H and O–H groups in total. The van der Waals surface area contributed by atoms with Crippen molar-refractivity contribution in [3.63, 3.8) is 0 Å². The second-order valence-corrected chi connectivity index (χ2v) is 9.69. The van der Waals surface area contributed by atoms with Crippen LogP contribution < -0.4 is 0 Å². The first kappa shape index (κ1) is 20.7. The lowest BCUT2D eigenvalue weighted by atomic mass is 9.71. The van der Waals surface area contributed by atoms with E-state index < -0.39 is 18.4 Å². The standard InChI is InChI=1S/C23H33NO4/c1-22(2,3)20-24(21(26)27-16-17-11-7-5-8-12-17)18(19(25)28-20)15-23(4)13-9-6-10-14-23/h5,7-8,11-12,18,20H,6,9-10,13-16H2,1-4H3/t18-,20+/m0/s1. The summed E-state index contributed by atoms with van der Waals surface area (Å²) in [6, 6.07) is 9.01. The maximum absolute atomic E-state index is 13.0. The smallest absolute Gasteiger partial charge is 0.413 e. The van der Waals surface area contributed by atoms with Gasteiger partial charge in [-0.25, -0.2) is 9.59 Å². The molecule has 0 radical (unpaired) electrons. The number of nitrogens with zero attached hydrogens (tertiary/aromatic N) is 1. The summed E-state index contributed by atoms with van der Waals surface area (Å²) in [6.45, 7) is 8.36. The lowest BCUT2D eigenvalue weighted by molar-refractivity contribution is -0.147. The number of rotatable bonds is 4. The van der Waals surface area contributed by atoms with Gasteiger partial charge in [-0.2, -0.15) is 0 Å². The summed E-state index contributed by atoms with van der Waals surface area (Å²) in [5, 5.41) is 0. The van der Waals surface area contributed by atoms with Gasteiger partial charge in [0, 0.05) is 5.41 Å². The van der Waals surface area contributed by atoms with E-state index in [0.29, 0.717) is 6.42 Å². The number of benzene rings is 1. The molecule has 1 aliphatic carbocycles. The van der Waals surface area contributed by atoms with Gasteiger partial charge in [0.05, 0.1) is 0 Å². The Bertz CT molecular complexity index is 688. The molecule has 5 heteroatoms. The molecular weight excluding hydrogens is 354 g/mol. The molecule has 154 valence electrons. The number of cyclic esters (lactones) is 1. The number of hydrogen-bond acceptors (Lipinski definition) is 4. The number of carbonyl (C=O) groups excluding carboxylic acids is 2. The van der Waals surface area contributed by atoms with Crippen molar-refractivity contribution in [1.29, 1.82) is 0 Å². The van der Waals surface area contributed by atoms with Gasteiger partial charge in [-0.3, -0.25) is 4.90 Å². The highest BCUT2D eigenvalue weighted by atomic mass is 16.6. The van der Waals surface area contributed by atoms with Gasteiger partial charge in [-0.15, -0.1) is 0 Å². The average Bonchev–Trinajstić information content (AvgIpc) is 2.97. The first-order valence-corrected chi connectivity index (χ1v) is 10.4. The highest BCUT2D eigenvalue weighted by Crippen LogP contribution is 2.43. The Labute approximate surface area is 168 Å². The molecule has 1 heterocycles. The molecule has 0 spiro atoms. The van der Waals surface area contributed by atoms with Crippen molar-refractivity contribution >= 4 is 12.1 Å². The van der Waals surface area contributed by atoms with Crippen molar-refractivity contribution in [2.24, 2.45) is 10.8 Å². The molecule has 0 bridgehead atoms. The van der Waals surface area contributed by atoms with Crippen molar-refractivity contribution < 1.29 is 19.1 Å². The van der Waals surface area contributed by atoms with Gasteiger partial charge in [0.15, 0.2) is 6.23 Å². The maximum Gasteiger partial charge on any atom is 0.413 e. The first-order valence-electron chi connectivity index (χ1n) is 10.4. The summed E-state index contributed by atoms with van der Waals surface area (Å²) in [5.74, 6) is -0.302. The molecule has 1 saturated carbocycles. The van der Waals surface area contributed by atoms with Crippen LogP contribution in [0, 0.1) is 10.8 Å². The van der Waals surface area contributed by atoms with Crippen LogP contribution in [-0.4, -0.2) is 29.2 Å². The number of esters is 1. The van der Waals surface area contributed by atoms with Crippen molar-refractivity contribution in [1.82, 2.24) is 4.90 Å². The lowest BCUT2D eigenvalue weighted by Gasteiger charge is -2.38. The molecule has 1 aliphatic heterocycles. The lowest BCUT2D eigenvalue weighted by Crippen LogP contribution is -2.49. The van der Waals surface area contributed by atoms with E-state index in [1.54, 1.807) is 4.90 Å². The summed E-state index contributed by atoms with van der Waals surface area (Å²) < 4.78 is 11.3. The molecule has 0 aromatic heterocycles. The normalized spacial score (nSPS) is 24.7. The van der Waals surface area contributed by atoms with E-state index in [0.717, 1.165) is 18.4 Å². The molecule has 2 aliphatic rings. The van der Waals surface area contributed by atoms with Crippen LogP contribution >= 0.6 is 0 Å². The van der Waals surface area contributed by atoms with Crippen LogP contribution in [0.15, 0.2) is 30.3 Å². The minimum atomic E-state index is -0.611. The Kier molecular flexibility index (Phi) is 6.01. The van der Waals surface area contributed by atoms with Gasteiger partial charge in [0.2, 0.25) is 0 Å². The van der Waals surface area contributed by atoms with E-state index in [2.05, 4.69) is 6.92 Å². The third-order valence-electron chi connectivity index (χ3n) is 5.99. The maximum atomic E-state index is 13.0. The largest absolute Gasteiger partial charge is 0.444 e. The molecule has 1 amide bonds. The minimum absolute atomic E-state index is 0.0622. The quantitative estimate of drug-likeness (QED) is 0.659. The molecule has 28 heavy (non-hydrogen) atoms. The second kappa shape index (κ2) is 8.14. The Balaban J connectivity index is 1.78. The fraction of sp³-hybridized carbons (Fsp3) is 0.652. The van der Waals surface area contributed by atoms with Crippen LogP contribution in [0.25, 0.3) is 0 Å². The zero-order valence-corrected chi connectivity index (χ0v) is 17.6. The van der Waals surface area contributed by atoms with Gasteiger partial charge in [-0.05, 0) is 30.2 Å². The molecule has 2 fully saturated rings. The Morgan fingerprint density at radius 2 is 1.82 bits per heavy atom. The Hall–Kier alpha value is -2.04. The van der Waals surface area contributed by atoms with Crippen molar-refractivity contribution in [3.05, 3.63) is 35.9 Å². The number of carbonyl (C=O) groups is 2. The zero-order valence-electron chi connectivity index (χ0n) is 17.6. The van der Waals surface area contributed by atoms with E-state index in [4.69, 9.17) is 9.47 Å². The van der Waals surface area contributed by atoms with Crippen LogP contribution in [0.5, 0.6) is 0 Å². The minimum Gasteiger partial charge on any atom is -0.444 e. The Morgan fingerprint density at radius 1 is 1.18 bits per heavy atom. The third kappa shape index (κ3) is 4.68. The number of amides is 1. The van der Waals surface area contributed by atoms with E-state index in [1.165, 1.54) is 19.3 Å². The van der Waals surface area contributed by atoms with Crippen molar-refractivity contribution in [2.75, 3.05) is 0 Å². The molecule has 1 aromatic carbocycles. The number of hydrogen-bond donors (Lipinski definition) is 0. The summed E-state index contributed by atoms with van der Waals surface area (Å²) in [6.07, 6.45) is 5.34. The summed E-state index contributed by atoms with van der Waals surface area (Å²) in [7, 11) is 0. The van der Waals surface area contributed by atoms with E-state index in [1.807, 2.05) is 51.1 Å². The van der Waals surface area contributed by atoms with Crippen LogP contribution in [0.1, 0.15) is 71.8 Å². The van der Waals surface area contributed by atoms with Gasteiger partial charge in [0.1, 0.15) is 12.6 Å². The van der Waals surface area contributed by atoms with Crippen molar-refractivity contribution in [2.45, 2.75) is 85.1 Å². The van der Waals surface area contributed by atoms with Gasteiger partial charge < -0.3 is 9.47 Å². The van der Waals surface area contributed by atoms with Crippen LogP contribution in [0.2, 0.25) is 0 Å². The summed E-state index contributed by atoms with van der Waals surface area (Å²) >= 11 is 0. The Morgan fingerprint density at radius 3 is 2.43 bits per heavy atom. The van der Waals surface area contributed by atoms with Crippen molar-refractivity contribution in [3.8, 4) is 0 Å². The topological polar surface area (TPSA) is 55.8 Å². The molecule has 5 nitrogen and oxygen atoms in total. The predicted octanol–water partition coefficient (Wildman–Crippen LogP) is 5.28. The monoisotopic (exact) mass is 387 g/mol. The third-order valence-corrected chi connectivity index (χ3v) is 5.99. The van der Waals surface area contributed by atoms with E-state index in [9.17, 15) is 9.59 Å². The number of ether oxygens (including phenoxy) is 2. The van der Waals surface area contributed by atoms with Crippen LogP contribution in [-0.2, 0) is 20.9 Å². The van der Waals surface area contributed by atoms with Gasteiger partial charge >= 0.3 is 12.1 Å². The molecule has 3 rings (SSSR count). The fourth-order valence-electron chi connectivity index (χ4n) is 4.39. The van der Waals surface area contributed by atoms with Gasteiger partial charge in [0.25, 0.3) is 0 Å².